The SMILES string of the molecule is CCOc1cc(NC(=O)N2CCC(C(=O)O)CC2)c([N+](=O)[O-])cc1OCC. The highest BCUT2D eigenvalue weighted by Crippen LogP contribution is 2.38. The topological polar surface area (TPSA) is 131 Å². The zero-order valence-electron chi connectivity index (χ0n) is 15.3. The molecule has 2 N–H and O–H groups in total. The monoisotopic (exact) mass is 381 g/mol. The smallest absolute Gasteiger partial charge is 0.322 e. The van der Waals surface area contributed by atoms with E-state index < -0.39 is 22.8 Å². The second kappa shape index (κ2) is 9.06. The van der Waals surface area contributed by atoms with Crippen LogP contribution in [-0.2, 0) is 4.79 Å². The summed E-state index contributed by atoms with van der Waals surface area (Å²) in [4.78, 5) is 35.7. The van der Waals surface area contributed by atoms with Gasteiger partial charge in [0.2, 0.25) is 0 Å². The first kappa shape index (κ1) is 20.3. The number of likely N-dealkylation sites (tertiary alicyclic amines) is 1. The minimum Gasteiger partial charge on any atom is -0.490 e. The number of amides is 2. The number of rotatable bonds is 7. The molecule has 2 amide bonds. The number of hydrogen-bond donors (Lipinski definition) is 2. The van der Waals surface area contributed by atoms with Gasteiger partial charge in [0.05, 0.1) is 30.1 Å². The number of hydrogen-bond acceptors (Lipinski definition) is 6. The summed E-state index contributed by atoms with van der Waals surface area (Å²) in [6.45, 7) is 4.69. The molecule has 148 valence electrons. The van der Waals surface area contributed by atoms with Crippen molar-refractivity contribution in [3.63, 3.8) is 0 Å². The Morgan fingerprint density at radius 3 is 2.26 bits per heavy atom. The Morgan fingerprint density at radius 2 is 1.78 bits per heavy atom. The summed E-state index contributed by atoms with van der Waals surface area (Å²) in [6.07, 6.45) is 0.691. The van der Waals surface area contributed by atoms with E-state index in [4.69, 9.17) is 14.6 Å². The Labute approximate surface area is 156 Å². The van der Waals surface area contributed by atoms with Crippen LogP contribution in [0.1, 0.15) is 26.7 Å². The van der Waals surface area contributed by atoms with Crippen LogP contribution in [0, 0.1) is 16.0 Å². The third-order valence-corrected chi connectivity index (χ3v) is 4.23. The van der Waals surface area contributed by atoms with E-state index in [0.717, 1.165) is 0 Å². The number of benzene rings is 1. The fourth-order valence-electron chi connectivity index (χ4n) is 2.86. The van der Waals surface area contributed by atoms with E-state index in [2.05, 4.69) is 5.32 Å². The Morgan fingerprint density at radius 1 is 1.22 bits per heavy atom. The van der Waals surface area contributed by atoms with Crippen LogP contribution in [0.3, 0.4) is 0 Å². The van der Waals surface area contributed by atoms with Gasteiger partial charge in [0.25, 0.3) is 5.69 Å². The molecular formula is C17H23N3O7. The number of ether oxygens (including phenoxy) is 2. The molecule has 0 bridgehead atoms. The van der Waals surface area contributed by atoms with Crippen molar-refractivity contribution in [3.05, 3.63) is 22.2 Å². The first-order valence-corrected chi connectivity index (χ1v) is 8.74. The van der Waals surface area contributed by atoms with E-state index in [-0.39, 0.29) is 30.2 Å². The maximum absolute atomic E-state index is 12.5. The Kier molecular flexibility index (Phi) is 6.80. The van der Waals surface area contributed by atoms with Crippen molar-refractivity contribution in [2.24, 2.45) is 5.92 Å². The van der Waals surface area contributed by atoms with Crippen molar-refractivity contribution in [2.75, 3.05) is 31.6 Å². The van der Waals surface area contributed by atoms with E-state index in [1.165, 1.54) is 17.0 Å². The zero-order valence-corrected chi connectivity index (χ0v) is 15.3. The molecule has 0 aromatic heterocycles. The fourth-order valence-corrected chi connectivity index (χ4v) is 2.86. The van der Waals surface area contributed by atoms with Gasteiger partial charge in [-0.2, -0.15) is 0 Å². The molecule has 0 saturated carbocycles. The van der Waals surface area contributed by atoms with Gasteiger partial charge in [-0.15, -0.1) is 0 Å². The Hall–Kier alpha value is -3.04. The summed E-state index contributed by atoms with van der Waals surface area (Å²) in [5, 5.41) is 23.0. The third kappa shape index (κ3) is 4.99. The molecule has 1 saturated heterocycles. The molecule has 27 heavy (non-hydrogen) atoms. The number of carboxylic acid groups (broad SMARTS) is 1. The van der Waals surface area contributed by atoms with Crippen LogP contribution in [0.25, 0.3) is 0 Å². The van der Waals surface area contributed by atoms with E-state index in [1.807, 2.05) is 0 Å². The van der Waals surface area contributed by atoms with Gasteiger partial charge in [0, 0.05) is 19.2 Å². The fraction of sp³-hybridized carbons (Fsp3) is 0.529. The molecule has 1 fully saturated rings. The van der Waals surface area contributed by atoms with Crippen molar-refractivity contribution in [3.8, 4) is 11.5 Å². The van der Waals surface area contributed by atoms with Crippen molar-refractivity contribution in [1.82, 2.24) is 4.90 Å². The number of nitrogens with zero attached hydrogens (tertiary/aromatic N) is 2. The second-order valence-corrected chi connectivity index (χ2v) is 5.97. The van der Waals surface area contributed by atoms with Crippen LogP contribution in [0.4, 0.5) is 16.2 Å². The molecule has 1 aromatic carbocycles. The third-order valence-electron chi connectivity index (χ3n) is 4.23. The van der Waals surface area contributed by atoms with Crippen molar-refractivity contribution < 1.29 is 29.1 Å². The van der Waals surface area contributed by atoms with Gasteiger partial charge in [0.1, 0.15) is 5.69 Å². The number of carboxylic acids is 1. The maximum Gasteiger partial charge on any atom is 0.322 e. The van der Waals surface area contributed by atoms with Crippen molar-refractivity contribution >= 4 is 23.4 Å². The molecule has 1 heterocycles. The molecule has 0 spiro atoms. The predicted octanol–water partition coefficient (Wildman–Crippen LogP) is 2.72. The van der Waals surface area contributed by atoms with Gasteiger partial charge in [-0.3, -0.25) is 14.9 Å². The summed E-state index contributed by atoms with van der Waals surface area (Å²) >= 11 is 0. The van der Waals surface area contributed by atoms with Gasteiger partial charge >= 0.3 is 12.0 Å². The molecule has 0 aliphatic carbocycles. The minimum atomic E-state index is -0.876. The molecule has 10 nitrogen and oxygen atoms in total. The number of carbonyl (C=O) groups is 2. The molecule has 0 atom stereocenters. The summed E-state index contributed by atoms with van der Waals surface area (Å²) in [5.41, 5.74) is -0.312. The molecule has 10 heteroatoms. The molecule has 1 aromatic rings. The molecule has 1 aliphatic rings. The lowest BCUT2D eigenvalue weighted by Crippen LogP contribution is -2.42. The van der Waals surface area contributed by atoms with Gasteiger partial charge in [0.15, 0.2) is 11.5 Å². The first-order valence-electron chi connectivity index (χ1n) is 8.74. The Balaban J connectivity index is 2.21. The van der Waals surface area contributed by atoms with Gasteiger partial charge in [-0.25, -0.2) is 4.79 Å². The van der Waals surface area contributed by atoms with E-state index in [9.17, 15) is 19.7 Å². The molecule has 0 radical (unpaired) electrons. The lowest BCUT2D eigenvalue weighted by Gasteiger charge is -2.30. The number of anilines is 1. The van der Waals surface area contributed by atoms with Gasteiger partial charge < -0.3 is 24.8 Å². The van der Waals surface area contributed by atoms with E-state index in [0.29, 0.717) is 31.8 Å². The van der Waals surface area contributed by atoms with Gasteiger partial charge in [-0.05, 0) is 26.7 Å². The molecule has 1 aliphatic heterocycles. The van der Waals surface area contributed by atoms with Crippen molar-refractivity contribution in [2.45, 2.75) is 26.7 Å². The second-order valence-electron chi connectivity index (χ2n) is 5.97. The van der Waals surface area contributed by atoms with Crippen LogP contribution >= 0.6 is 0 Å². The summed E-state index contributed by atoms with van der Waals surface area (Å²) in [6, 6.07) is 2.07. The number of piperidine rings is 1. The van der Waals surface area contributed by atoms with Crippen LogP contribution in [0.15, 0.2) is 12.1 Å². The number of urea groups is 1. The number of carbonyl (C=O) groups excluding carboxylic acids is 1. The van der Waals surface area contributed by atoms with Crippen LogP contribution < -0.4 is 14.8 Å². The van der Waals surface area contributed by atoms with Crippen LogP contribution in [-0.4, -0.2) is 53.2 Å². The van der Waals surface area contributed by atoms with Crippen LogP contribution in [0.2, 0.25) is 0 Å². The lowest BCUT2D eigenvalue weighted by atomic mass is 9.97. The number of aliphatic carboxylic acids is 1. The number of nitro groups is 1. The molecular weight excluding hydrogens is 358 g/mol. The van der Waals surface area contributed by atoms with Crippen molar-refractivity contribution in [1.29, 1.82) is 0 Å². The molecule has 2 rings (SSSR count). The Bertz CT molecular complexity index is 715. The summed E-state index contributed by atoms with van der Waals surface area (Å²) in [7, 11) is 0. The highest BCUT2D eigenvalue weighted by molar-refractivity contribution is 5.92. The predicted molar refractivity (Wildman–Crippen MR) is 96.4 cm³/mol. The van der Waals surface area contributed by atoms with E-state index >= 15 is 0 Å². The van der Waals surface area contributed by atoms with Crippen LogP contribution in [0.5, 0.6) is 11.5 Å². The average Bonchev–Trinajstić information content (AvgIpc) is 2.63. The minimum absolute atomic E-state index is 0.00254. The number of nitro benzene ring substituents is 1. The summed E-state index contributed by atoms with van der Waals surface area (Å²) < 4.78 is 10.8. The lowest BCUT2D eigenvalue weighted by molar-refractivity contribution is -0.384. The average molecular weight is 381 g/mol. The highest BCUT2D eigenvalue weighted by atomic mass is 16.6. The highest BCUT2D eigenvalue weighted by Gasteiger charge is 2.28. The van der Waals surface area contributed by atoms with E-state index in [1.54, 1.807) is 13.8 Å². The maximum atomic E-state index is 12.5. The first-order chi connectivity index (χ1) is 12.9. The quantitative estimate of drug-likeness (QED) is 0.548. The van der Waals surface area contributed by atoms with Gasteiger partial charge in [-0.1, -0.05) is 0 Å². The largest absolute Gasteiger partial charge is 0.490 e. The normalized spacial score (nSPS) is 14.5. The summed E-state index contributed by atoms with van der Waals surface area (Å²) in [5.74, 6) is -0.826. The number of nitrogens with one attached hydrogen (secondary N) is 1. The standard InChI is InChI=1S/C17H23N3O7/c1-3-26-14-9-12(13(20(24)25)10-15(14)27-4-2)18-17(23)19-7-5-11(6-8-19)16(21)22/h9-11H,3-8H2,1-2H3,(H,18,23)(H,21,22). The molecule has 0 unspecified atom stereocenters. The zero-order chi connectivity index (χ0) is 20.0.